The summed E-state index contributed by atoms with van der Waals surface area (Å²) in [5.41, 5.74) is 3.64. The largest absolute Gasteiger partial charge is 0.492 e. The molecule has 0 amide bonds. The number of rotatable bonds is 9. The zero-order valence-corrected chi connectivity index (χ0v) is 19.7. The van der Waals surface area contributed by atoms with Crippen LogP contribution in [0.4, 0.5) is 0 Å². The number of aryl methyl sites for hydroxylation is 1. The summed E-state index contributed by atoms with van der Waals surface area (Å²) < 4.78 is 5.93. The van der Waals surface area contributed by atoms with E-state index in [1.54, 1.807) is 0 Å². The summed E-state index contributed by atoms with van der Waals surface area (Å²) in [5, 5.41) is 6.73. The zero-order chi connectivity index (χ0) is 19.5. The smallest absolute Gasteiger partial charge is 0.191 e. The fourth-order valence-electron chi connectivity index (χ4n) is 2.61. The topological polar surface area (TPSA) is 48.9 Å². The van der Waals surface area contributed by atoms with Gasteiger partial charge in [-0.2, -0.15) is 0 Å². The van der Waals surface area contributed by atoms with Gasteiger partial charge in [-0.05, 0) is 45.1 Å². The summed E-state index contributed by atoms with van der Waals surface area (Å²) >= 11 is 0. The Morgan fingerprint density at radius 2 is 1.68 bits per heavy atom. The molecule has 0 aliphatic carbocycles. The molecule has 0 bridgehead atoms. The molecule has 0 aliphatic rings. The van der Waals surface area contributed by atoms with Crippen molar-refractivity contribution in [1.29, 1.82) is 0 Å². The Balaban J connectivity index is 0.00000392. The lowest BCUT2D eigenvalue weighted by molar-refractivity contribution is 0.259. The van der Waals surface area contributed by atoms with Crippen molar-refractivity contribution in [2.45, 2.75) is 26.9 Å². The third kappa shape index (κ3) is 8.48. The van der Waals surface area contributed by atoms with Gasteiger partial charge in [-0.3, -0.25) is 0 Å². The van der Waals surface area contributed by atoms with E-state index in [4.69, 9.17) is 9.73 Å². The lowest BCUT2D eigenvalue weighted by Crippen LogP contribution is -2.36. The lowest BCUT2D eigenvalue weighted by Gasteiger charge is -2.15. The number of hydrogen-bond donors (Lipinski definition) is 2. The minimum absolute atomic E-state index is 0. The average molecular weight is 496 g/mol. The number of aliphatic imine (C=N–C) groups is 1. The second-order valence-corrected chi connectivity index (χ2v) is 6.73. The Morgan fingerprint density at radius 1 is 1.00 bits per heavy atom. The van der Waals surface area contributed by atoms with Crippen LogP contribution in [0.3, 0.4) is 0 Å². The average Bonchev–Trinajstić information content (AvgIpc) is 2.66. The Morgan fingerprint density at radius 3 is 2.36 bits per heavy atom. The third-order valence-electron chi connectivity index (χ3n) is 4.23. The van der Waals surface area contributed by atoms with Gasteiger partial charge in [0.05, 0.1) is 6.54 Å². The first-order valence-electron chi connectivity index (χ1n) is 9.52. The zero-order valence-electron chi connectivity index (χ0n) is 17.4. The van der Waals surface area contributed by atoms with E-state index in [-0.39, 0.29) is 24.0 Å². The molecule has 0 aliphatic heterocycles. The highest BCUT2D eigenvalue weighted by atomic mass is 127. The number of likely N-dealkylation sites (N-methyl/N-ethyl adjacent to an activating group) is 1. The number of halogens is 1. The molecular formula is C22H33IN4O. The molecule has 154 valence electrons. The van der Waals surface area contributed by atoms with Gasteiger partial charge in [0.25, 0.3) is 0 Å². The van der Waals surface area contributed by atoms with E-state index in [0.29, 0.717) is 13.2 Å². The van der Waals surface area contributed by atoms with Crippen LogP contribution < -0.4 is 15.4 Å². The highest BCUT2D eigenvalue weighted by molar-refractivity contribution is 14.0. The fraction of sp³-hybridized carbons (Fsp3) is 0.409. The number of guanidine groups is 1. The van der Waals surface area contributed by atoms with E-state index >= 15 is 0 Å². The molecule has 28 heavy (non-hydrogen) atoms. The number of para-hydroxylation sites is 1. The van der Waals surface area contributed by atoms with Crippen LogP contribution in [0.1, 0.15) is 23.6 Å². The molecule has 0 spiro atoms. The summed E-state index contributed by atoms with van der Waals surface area (Å²) in [6.07, 6.45) is 0. The first-order chi connectivity index (χ1) is 13.1. The molecule has 2 aromatic carbocycles. The van der Waals surface area contributed by atoms with Gasteiger partial charge < -0.3 is 20.3 Å². The van der Waals surface area contributed by atoms with Crippen molar-refractivity contribution in [3.05, 3.63) is 65.2 Å². The SMILES string of the molecule is CCNC(=NCc1ccccc1OCCN(C)C)NCc1ccccc1C.I. The molecule has 0 saturated carbocycles. The van der Waals surface area contributed by atoms with E-state index in [1.165, 1.54) is 11.1 Å². The van der Waals surface area contributed by atoms with Crippen molar-refractivity contribution in [1.82, 2.24) is 15.5 Å². The van der Waals surface area contributed by atoms with Gasteiger partial charge in [-0.15, -0.1) is 24.0 Å². The number of ether oxygens (including phenoxy) is 1. The molecular weight excluding hydrogens is 463 g/mol. The van der Waals surface area contributed by atoms with Crippen LogP contribution in [-0.2, 0) is 13.1 Å². The van der Waals surface area contributed by atoms with Crippen LogP contribution in [0.25, 0.3) is 0 Å². The molecule has 0 radical (unpaired) electrons. The van der Waals surface area contributed by atoms with Crippen LogP contribution in [0.15, 0.2) is 53.5 Å². The van der Waals surface area contributed by atoms with Crippen molar-refractivity contribution < 1.29 is 4.74 Å². The lowest BCUT2D eigenvalue weighted by atomic mass is 10.1. The van der Waals surface area contributed by atoms with Gasteiger partial charge in [0.1, 0.15) is 12.4 Å². The predicted octanol–water partition coefficient (Wildman–Crippen LogP) is 3.81. The summed E-state index contributed by atoms with van der Waals surface area (Å²) in [4.78, 5) is 6.85. The van der Waals surface area contributed by atoms with Crippen molar-refractivity contribution in [3.63, 3.8) is 0 Å². The van der Waals surface area contributed by atoms with Crippen molar-refractivity contribution in [3.8, 4) is 5.75 Å². The second-order valence-electron chi connectivity index (χ2n) is 6.73. The van der Waals surface area contributed by atoms with E-state index in [9.17, 15) is 0 Å². The van der Waals surface area contributed by atoms with Crippen LogP contribution in [-0.4, -0.2) is 44.7 Å². The maximum Gasteiger partial charge on any atom is 0.191 e. The van der Waals surface area contributed by atoms with Crippen LogP contribution >= 0.6 is 24.0 Å². The third-order valence-corrected chi connectivity index (χ3v) is 4.23. The molecule has 2 aromatic rings. The maximum atomic E-state index is 5.93. The summed E-state index contributed by atoms with van der Waals surface area (Å²) in [7, 11) is 4.09. The fourth-order valence-corrected chi connectivity index (χ4v) is 2.61. The molecule has 2 N–H and O–H groups in total. The highest BCUT2D eigenvalue weighted by Gasteiger charge is 2.05. The molecule has 0 saturated heterocycles. The summed E-state index contributed by atoms with van der Waals surface area (Å²) in [6.45, 7) is 7.89. The van der Waals surface area contributed by atoms with Crippen molar-refractivity contribution in [2.75, 3.05) is 33.8 Å². The Labute approximate surface area is 186 Å². The molecule has 6 heteroatoms. The number of nitrogens with zero attached hydrogens (tertiary/aromatic N) is 2. The van der Waals surface area contributed by atoms with Crippen LogP contribution in [0, 0.1) is 6.92 Å². The first-order valence-corrected chi connectivity index (χ1v) is 9.52. The minimum atomic E-state index is 0. The van der Waals surface area contributed by atoms with Crippen molar-refractivity contribution in [2.24, 2.45) is 4.99 Å². The molecule has 0 aromatic heterocycles. The highest BCUT2D eigenvalue weighted by Crippen LogP contribution is 2.18. The predicted molar refractivity (Wildman–Crippen MR) is 129 cm³/mol. The quantitative estimate of drug-likeness (QED) is 0.315. The number of nitrogens with one attached hydrogen (secondary N) is 2. The standard InChI is InChI=1S/C22H32N4O.HI/c1-5-23-22(24-16-19-11-7-6-10-18(19)2)25-17-20-12-8-9-13-21(20)27-15-14-26(3)4;/h6-13H,5,14-17H2,1-4H3,(H2,23,24,25);1H. The molecule has 5 nitrogen and oxygen atoms in total. The van der Waals surface area contributed by atoms with Crippen molar-refractivity contribution >= 4 is 29.9 Å². The van der Waals surface area contributed by atoms with Crippen LogP contribution in [0.2, 0.25) is 0 Å². The van der Waals surface area contributed by atoms with Gasteiger partial charge in [0.2, 0.25) is 0 Å². The second kappa shape index (κ2) is 13.4. The van der Waals surface area contributed by atoms with E-state index in [2.05, 4.69) is 59.7 Å². The van der Waals surface area contributed by atoms with E-state index < -0.39 is 0 Å². The van der Waals surface area contributed by atoms with E-state index in [0.717, 1.165) is 36.9 Å². The van der Waals surface area contributed by atoms with E-state index in [1.807, 2.05) is 32.3 Å². The Hall–Kier alpha value is -1.80. The molecule has 0 atom stereocenters. The normalized spacial score (nSPS) is 11.1. The number of benzene rings is 2. The Bertz CT molecular complexity index is 734. The number of hydrogen-bond acceptors (Lipinski definition) is 3. The summed E-state index contributed by atoms with van der Waals surface area (Å²) in [6, 6.07) is 16.5. The van der Waals surface area contributed by atoms with Crippen LogP contribution in [0.5, 0.6) is 5.75 Å². The van der Waals surface area contributed by atoms with Gasteiger partial charge in [0.15, 0.2) is 5.96 Å². The molecule has 0 heterocycles. The Kier molecular flexibility index (Phi) is 11.6. The molecule has 2 rings (SSSR count). The molecule has 0 unspecified atom stereocenters. The maximum absolute atomic E-state index is 5.93. The van der Waals surface area contributed by atoms with Gasteiger partial charge in [-0.25, -0.2) is 4.99 Å². The first kappa shape index (κ1) is 24.2. The minimum Gasteiger partial charge on any atom is -0.492 e. The summed E-state index contributed by atoms with van der Waals surface area (Å²) in [5.74, 6) is 1.71. The molecule has 0 fully saturated rings. The van der Waals surface area contributed by atoms with Gasteiger partial charge in [-0.1, -0.05) is 42.5 Å². The van der Waals surface area contributed by atoms with Gasteiger partial charge in [0, 0.05) is 25.2 Å². The monoisotopic (exact) mass is 496 g/mol. The van der Waals surface area contributed by atoms with Gasteiger partial charge >= 0.3 is 0 Å².